The Kier molecular flexibility index (Phi) is 6.86. The third-order valence-electron chi connectivity index (χ3n) is 6.38. The number of H-pyrrole nitrogens is 1. The van der Waals surface area contributed by atoms with Crippen molar-refractivity contribution in [1.29, 1.82) is 0 Å². The van der Waals surface area contributed by atoms with Crippen LogP contribution in [0, 0.1) is 13.8 Å². The molecule has 0 radical (unpaired) electrons. The Labute approximate surface area is 221 Å². The second-order valence-electron chi connectivity index (χ2n) is 9.59. The molecule has 1 saturated heterocycles. The van der Waals surface area contributed by atoms with Crippen LogP contribution in [0.15, 0.2) is 24.3 Å². The van der Waals surface area contributed by atoms with Crippen molar-refractivity contribution in [3.63, 3.8) is 0 Å². The molecule has 14 heteroatoms. The highest BCUT2D eigenvalue weighted by Gasteiger charge is 2.39. The number of alkyl halides is 3. The summed E-state index contributed by atoms with van der Waals surface area (Å²) in [7, 11) is 3.81. The van der Waals surface area contributed by atoms with Crippen LogP contribution in [0.25, 0.3) is 22.6 Å². The number of aryl methyl sites for hydroxylation is 2. The van der Waals surface area contributed by atoms with Gasteiger partial charge in [0.25, 0.3) is 0 Å². The van der Waals surface area contributed by atoms with Crippen molar-refractivity contribution in [3.8, 4) is 11.5 Å². The zero-order chi connectivity index (χ0) is 27.2. The van der Waals surface area contributed by atoms with Crippen molar-refractivity contribution < 1.29 is 18.0 Å². The Bertz CT molecular complexity index is 1420. The van der Waals surface area contributed by atoms with E-state index >= 15 is 0 Å². The van der Waals surface area contributed by atoms with Gasteiger partial charge in [-0.2, -0.15) is 18.3 Å². The molecule has 10 nitrogen and oxygen atoms in total. The number of nitrogens with one attached hydrogen (secondary N) is 1. The number of nitrogens with zero attached hydrogens (tertiary/aromatic N) is 8. The molecule has 4 aromatic rings. The molecular formula is C24H28F3N9OS. The van der Waals surface area contributed by atoms with Crippen molar-refractivity contribution in [2.45, 2.75) is 32.6 Å². The van der Waals surface area contributed by atoms with Crippen LogP contribution in [-0.2, 0) is 17.5 Å². The average Bonchev–Trinajstić information content (AvgIpc) is 3.54. The smallest absolute Gasteiger partial charge is 0.358 e. The lowest BCUT2D eigenvalue weighted by Gasteiger charge is -2.43. The molecule has 0 aliphatic carbocycles. The van der Waals surface area contributed by atoms with E-state index in [2.05, 4.69) is 25.0 Å². The molecule has 1 fully saturated rings. The number of aromatic nitrogens is 6. The molecule has 0 spiro atoms. The molecule has 1 atom stereocenters. The number of aromatic amines is 1. The Hall–Kier alpha value is -3.52. The van der Waals surface area contributed by atoms with Crippen LogP contribution >= 0.6 is 11.3 Å². The van der Waals surface area contributed by atoms with E-state index in [0.29, 0.717) is 59.7 Å². The maximum absolute atomic E-state index is 13.8. The third-order valence-corrected chi connectivity index (χ3v) is 7.54. The van der Waals surface area contributed by atoms with Crippen molar-refractivity contribution in [2.24, 2.45) is 0 Å². The molecule has 0 saturated carbocycles. The number of amides is 1. The number of fused-ring (bicyclic) bond motifs is 1. The lowest BCUT2D eigenvalue weighted by atomic mass is 10.1. The van der Waals surface area contributed by atoms with Crippen LogP contribution in [0.1, 0.15) is 16.7 Å². The zero-order valence-corrected chi connectivity index (χ0v) is 22.3. The summed E-state index contributed by atoms with van der Waals surface area (Å²) in [6, 6.07) is 7.01. The summed E-state index contributed by atoms with van der Waals surface area (Å²) < 4.78 is 42.8. The van der Waals surface area contributed by atoms with Gasteiger partial charge in [0.15, 0.2) is 5.82 Å². The number of hydrogen-bond donors (Lipinski definition) is 1. The van der Waals surface area contributed by atoms with E-state index in [1.807, 2.05) is 42.1 Å². The van der Waals surface area contributed by atoms with Crippen LogP contribution in [0.2, 0.25) is 0 Å². The van der Waals surface area contributed by atoms with Crippen molar-refractivity contribution in [2.75, 3.05) is 45.2 Å². The van der Waals surface area contributed by atoms with Gasteiger partial charge in [0.05, 0.1) is 17.1 Å². The molecule has 38 heavy (non-hydrogen) atoms. The fourth-order valence-electron chi connectivity index (χ4n) is 4.74. The van der Waals surface area contributed by atoms with Crippen molar-refractivity contribution >= 4 is 33.3 Å². The molecule has 1 aliphatic rings. The van der Waals surface area contributed by atoms with Gasteiger partial charge in [-0.05, 0) is 40.1 Å². The van der Waals surface area contributed by atoms with Crippen LogP contribution in [0.4, 0.5) is 18.2 Å². The minimum atomic E-state index is -4.59. The van der Waals surface area contributed by atoms with Gasteiger partial charge in [0.2, 0.25) is 10.9 Å². The second-order valence-corrected chi connectivity index (χ2v) is 10.6. The van der Waals surface area contributed by atoms with Gasteiger partial charge in [-0.15, -0.1) is 0 Å². The van der Waals surface area contributed by atoms with E-state index in [1.54, 1.807) is 29.5 Å². The first kappa shape index (κ1) is 26.1. The SMILES string of the molecule is Cc1nc(C)n(CC(=O)N2CCN(c3sc(C(F)(F)F)nc3-c3nc4ccccc4[nH]3)CC2CN(C)C)n1. The molecular weight excluding hydrogens is 519 g/mol. The molecule has 202 valence electrons. The van der Waals surface area contributed by atoms with Gasteiger partial charge in [0.1, 0.15) is 28.9 Å². The maximum atomic E-state index is 13.8. The fraction of sp³-hybridized carbons (Fsp3) is 0.458. The number of anilines is 1. The minimum Gasteiger partial charge on any atom is -0.358 e. The first-order valence-electron chi connectivity index (χ1n) is 12.1. The molecule has 1 unspecified atom stereocenters. The van der Waals surface area contributed by atoms with E-state index in [1.165, 1.54) is 0 Å². The summed E-state index contributed by atoms with van der Waals surface area (Å²) in [5.74, 6) is 1.42. The molecule has 1 aromatic carbocycles. The summed E-state index contributed by atoms with van der Waals surface area (Å²) in [5, 5.41) is 3.75. The number of carbonyl (C=O) groups is 1. The fourth-order valence-corrected chi connectivity index (χ4v) is 5.71. The van der Waals surface area contributed by atoms with E-state index in [4.69, 9.17) is 0 Å². The number of rotatable bonds is 6. The highest BCUT2D eigenvalue weighted by molar-refractivity contribution is 7.16. The standard InChI is InChI=1S/C24H28F3N9OS/c1-14-28-15(2)36(32-14)13-19(37)35-10-9-34(12-16(35)11-33(3)4)22-20(31-23(38-22)24(25,26)27)21-29-17-7-5-6-8-18(17)30-21/h5-8,16H,9-13H2,1-4H3,(H,29,30). The van der Waals surface area contributed by atoms with Crippen LogP contribution in [0.3, 0.4) is 0 Å². The number of hydrogen-bond acceptors (Lipinski definition) is 8. The van der Waals surface area contributed by atoms with E-state index in [0.717, 1.165) is 5.52 Å². The first-order chi connectivity index (χ1) is 18.0. The van der Waals surface area contributed by atoms with Gasteiger partial charge in [-0.3, -0.25) is 4.79 Å². The highest BCUT2D eigenvalue weighted by atomic mass is 32.1. The largest absolute Gasteiger partial charge is 0.443 e. The molecule has 3 aromatic heterocycles. The first-order valence-corrected chi connectivity index (χ1v) is 12.9. The van der Waals surface area contributed by atoms with Crippen LogP contribution in [0.5, 0.6) is 0 Å². The maximum Gasteiger partial charge on any atom is 0.443 e. The van der Waals surface area contributed by atoms with Gasteiger partial charge in [-0.25, -0.2) is 19.6 Å². The summed E-state index contributed by atoms with van der Waals surface area (Å²) in [6.07, 6.45) is -4.59. The van der Waals surface area contributed by atoms with E-state index in [-0.39, 0.29) is 30.0 Å². The van der Waals surface area contributed by atoms with Crippen molar-refractivity contribution in [1.82, 2.24) is 39.5 Å². The molecule has 1 N–H and O–H groups in total. The molecule has 1 aliphatic heterocycles. The zero-order valence-electron chi connectivity index (χ0n) is 21.5. The number of carbonyl (C=O) groups excluding carboxylic acids is 1. The molecule has 5 rings (SSSR count). The van der Waals surface area contributed by atoms with E-state index < -0.39 is 11.2 Å². The Morgan fingerprint density at radius 3 is 2.58 bits per heavy atom. The Morgan fingerprint density at radius 2 is 1.92 bits per heavy atom. The Morgan fingerprint density at radius 1 is 1.16 bits per heavy atom. The number of likely N-dealkylation sites (N-methyl/N-ethyl adjacent to an activating group) is 1. The monoisotopic (exact) mass is 547 g/mol. The van der Waals surface area contributed by atoms with Gasteiger partial charge in [-0.1, -0.05) is 23.5 Å². The quantitative estimate of drug-likeness (QED) is 0.396. The number of piperazine rings is 1. The lowest BCUT2D eigenvalue weighted by molar-refractivity contribution is -0.137. The van der Waals surface area contributed by atoms with Gasteiger partial charge in [0, 0.05) is 26.2 Å². The van der Waals surface area contributed by atoms with E-state index in [9.17, 15) is 18.0 Å². The molecule has 1 amide bonds. The minimum absolute atomic E-state index is 0.0552. The summed E-state index contributed by atoms with van der Waals surface area (Å²) >= 11 is 0.606. The van der Waals surface area contributed by atoms with Crippen LogP contribution < -0.4 is 4.90 Å². The summed E-state index contributed by atoms with van der Waals surface area (Å²) in [6.45, 7) is 5.23. The molecule has 0 bridgehead atoms. The second kappa shape index (κ2) is 9.98. The Balaban J connectivity index is 1.46. The summed E-state index contributed by atoms with van der Waals surface area (Å²) in [4.78, 5) is 34.8. The average molecular weight is 548 g/mol. The lowest BCUT2D eigenvalue weighted by Crippen LogP contribution is -2.59. The highest BCUT2D eigenvalue weighted by Crippen LogP contribution is 2.42. The molecule has 4 heterocycles. The third kappa shape index (κ3) is 5.23. The predicted molar refractivity (Wildman–Crippen MR) is 138 cm³/mol. The number of halogens is 3. The number of thiazole rings is 1. The van der Waals surface area contributed by atoms with Gasteiger partial charge >= 0.3 is 6.18 Å². The number of para-hydroxylation sites is 2. The number of imidazole rings is 1. The predicted octanol–water partition coefficient (Wildman–Crippen LogP) is 3.19. The van der Waals surface area contributed by atoms with Crippen LogP contribution in [-0.4, -0.2) is 91.7 Å². The topological polar surface area (TPSA) is 99.1 Å². The van der Waals surface area contributed by atoms with Crippen molar-refractivity contribution in [3.05, 3.63) is 40.9 Å². The summed E-state index contributed by atoms with van der Waals surface area (Å²) in [5.41, 5.74) is 1.53. The number of benzene rings is 1. The van der Waals surface area contributed by atoms with Gasteiger partial charge < -0.3 is 19.7 Å². The normalized spacial score (nSPS) is 16.7.